The van der Waals surface area contributed by atoms with Crippen LogP contribution in [0.4, 0.5) is 0 Å². The lowest BCUT2D eigenvalue weighted by Gasteiger charge is -2.06. The van der Waals surface area contributed by atoms with Crippen LogP contribution in [0.2, 0.25) is 0 Å². The van der Waals surface area contributed by atoms with Gasteiger partial charge in [0.2, 0.25) is 0 Å². The van der Waals surface area contributed by atoms with Gasteiger partial charge in [0, 0.05) is 0 Å². The van der Waals surface area contributed by atoms with Gasteiger partial charge in [-0.05, 0) is 35.6 Å². The van der Waals surface area contributed by atoms with Crippen LogP contribution in [0.3, 0.4) is 0 Å². The monoisotopic (exact) mass is 268 g/mol. The average molecular weight is 268 g/mol. The van der Waals surface area contributed by atoms with Crippen molar-refractivity contribution in [3.8, 4) is 11.1 Å². The van der Waals surface area contributed by atoms with Gasteiger partial charge in [0.05, 0.1) is 13.0 Å². The number of carbonyl (C=O) groups excluding carboxylic acids is 1. The van der Waals surface area contributed by atoms with Crippen LogP contribution in [0.25, 0.3) is 11.1 Å². The summed E-state index contributed by atoms with van der Waals surface area (Å²) in [6.45, 7) is 4.40. The zero-order valence-corrected chi connectivity index (χ0v) is 12.1. The molecule has 2 aromatic carbocycles. The van der Waals surface area contributed by atoms with E-state index in [0.29, 0.717) is 13.0 Å². The Bertz CT molecular complexity index is 570. The molecule has 0 heterocycles. The van der Waals surface area contributed by atoms with Gasteiger partial charge < -0.3 is 4.74 Å². The Labute approximate surface area is 120 Å². The third kappa shape index (κ3) is 3.70. The Morgan fingerprint density at radius 1 is 0.950 bits per heavy atom. The fraction of sp³-hybridized carbons (Fsp3) is 0.278. The molecule has 2 heteroatoms. The van der Waals surface area contributed by atoms with Gasteiger partial charge in [-0.3, -0.25) is 4.79 Å². The maximum absolute atomic E-state index is 11.5. The van der Waals surface area contributed by atoms with Crippen LogP contribution in [0.15, 0.2) is 48.5 Å². The number of aryl methyl sites for hydroxylation is 1. The van der Waals surface area contributed by atoms with Crippen LogP contribution >= 0.6 is 0 Å². The van der Waals surface area contributed by atoms with Crippen LogP contribution in [0.1, 0.15) is 25.0 Å². The van der Waals surface area contributed by atoms with E-state index in [1.54, 1.807) is 0 Å². The van der Waals surface area contributed by atoms with Crippen molar-refractivity contribution < 1.29 is 9.53 Å². The summed E-state index contributed by atoms with van der Waals surface area (Å²) in [5.74, 6) is -0.175. The highest BCUT2D eigenvalue weighted by Crippen LogP contribution is 2.21. The van der Waals surface area contributed by atoms with Crippen molar-refractivity contribution in [2.45, 2.75) is 26.7 Å². The number of benzene rings is 2. The van der Waals surface area contributed by atoms with Crippen LogP contribution in [0.5, 0.6) is 0 Å². The molecule has 0 aliphatic carbocycles. The Morgan fingerprint density at radius 2 is 1.70 bits per heavy atom. The normalized spacial score (nSPS) is 10.3. The number of carbonyl (C=O) groups is 1. The molecule has 0 radical (unpaired) electrons. The first kappa shape index (κ1) is 14.3. The zero-order chi connectivity index (χ0) is 14.4. The van der Waals surface area contributed by atoms with Gasteiger partial charge in [-0.15, -0.1) is 0 Å². The Morgan fingerprint density at radius 3 is 2.35 bits per heavy atom. The molecule has 0 aliphatic rings. The number of hydrogen-bond donors (Lipinski definition) is 0. The van der Waals surface area contributed by atoms with Gasteiger partial charge in [-0.25, -0.2) is 0 Å². The van der Waals surface area contributed by atoms with Crippen molar-refractivity contribution in [2.75, 3.05) is 6.61 Å². The number of hydrogen-bond acceptors (Lipinski definition) is 2. The standard InChI is InChI=1S/C18H20O2/c1-3-14-8-10-16(11-9-14)17-7-5-6-15(12-17)13-18(19)20-4-2/h5-12H,3-4,13H2,1-2H3. The summed E-state index contributed by atoms with van der Waals surface area (Å²) >= 11 is 0. The van der Waals surface area contributed by atoms with Gasteiger partial charge in [-0.2, -0.15) is 0 Å². The molecule has 0 saturated heterocycles. The molecule has 0 amide bonds. The maximum Gasteiger partial charge on any atom is 0.310 e. The lowest BCUT2D eigenvalue weighted by atomic mass is 10.0. The molecular weight excluding hydrogens is 248 g/mol. The number of esters is 1. The van der Waals surface area contributed by atoms with E-state index in [-0.39, 0.29) is 5.97 Å². The number of rotatable bonds is 5. The molecule has 0 atom stereocenters. The largest absolute Gasteiger partial charge is 0.466 e. The molecule has 104 valence electrons. The molecule has 0 unspecified atom stereocenters. The van der Waals surface area contributed by atoms with Crippen molar-refractivity contribution in [1.29, 1.82) is 0 Å². The molecule has 0 saturated carbocycles. The molecule has 0 bridgehead atoms. The van der Waals surface area contributed by atoms with Crippen LogP contribution < -0.4 is 0 Å². The molecule has 0 aromatic heterocycles. The second-order valence-electron chi connectivity index (χ2n) is 4.73. The molecule has 0 N–H and O–H groups in total. The minimum Gasteiger partial charge on any atom is -0.466 e. The summed E-state index contributed by atoms with van der Waals surface area (Å²) in [5.41, 5.74) is 4.62. The van der Waals surface area contributed by atoms with E-state index in [4.69, 9.17) is 4.74 Å². The fourth-order valence-electron chi connectivity index (χ4n) is 2.17. The first-order valence-corrected chi connectivity index (χ1v) is 7.06. The van der Waals surface area contributed by atoms with E-state index in [1.165, 1.54) is 11.1 Å². The highest BCUT2D eigenvalue weighted by molar-refractivity contribution is 5.74. The van der Waals surface area contributed by atoms with E-state index in [2.05, 4.69) is 43.3 Å². The summed E-state index contributed by atoms with van der Waals surface area (Å²) in [6, 6.07) is 16.6. The minimum absolute atomic E-state index is 0.175. The average Bonchev–Trinajstić information content (AvgIpc) is 2.48. The van der Waals surface area contributed by atoms with Gasteiger partial charge in [0.25, 0.3) is 0 Å². The molecule has 20 heavy (non-hydrogen) atoms. The summed E-state index contributed by atoms with van der Waals surface area (Å²) < 4.78 is 4.98. The molecule has 2 aromatic rings. The first-order chi connectivity index (χ1) is 9.72. The fourth-order valence-corrected chi connectivity index (χ4v) is 2.17. The molecule has 0 fully saturated rings. The SMILES string of the molecule is CCOC(=O)Cc1cccc(-c2ccc(CC)cc2)c1. The van der Waals surface area contributed by atoms with Crippen molar-refractivity contribution in [2.24, 2.45) is 0 Å². The van der Waals surface area contributed by atoms with E-state index < -0.39 is 0 Å². The van der Waals surface area contributed by atoms with Crippen LogP contribution in [-0.2, 0) is 22.4 Å². The summed E-state index contributed by atoms with van der Waals surface area (Å²) in [6.07, 6.45) is 1.37. The minimum atomic E-state index is -0.175. The van der Waals surface area contributed by atoms with Gasteiger partial charge >= 0.3 is 5.97 Å². The maximum atomic E-state index is 11.5. The van der Waals surface area contributed by atoms with Crippen molar-refractivity contribution in [3.63, 3.8) is 0 Å². The summed E-state index contributed by atoms with van der Waals surface area (Å²) in [7, 11) is 0. The quantitative estimate of drug-likeness (QED) is 0.765. The Kier molecular flexibility index (Phi) is 4.94. The highest BCUT2D eigenvalue weighted by atomic mass is 16.5. The Balaban J connectivity index is 2.18. The molecule has 0 aliphatic heterocycles. The highest BCUT2D eigenvalue weighted by Gasteiger charge is 2.05. The Hall–Kier alpha value is -2.09. The van der Waals surface area contributed by atoms with Crippen LogP contribution in [-0.4, -0.2) is 12.6 Å². The first-order valence-electron chi connectivity index (χ1n) is 7.06. The third-order valence-corrected chi connectivity index (χ3v) is 3.28. The second-order valence-corrected chi connectivity index (χ2v) is 4.73. The van der Waals surface area contributed by atoms with E-state index in [9.17, 15) is 4.79 Å². The predicted molar refractivity (Wildman–Crippen MR) is 81.6 cm³/mol. The smallest absolute Gasteiger partial charge is 0.310 e. The topological polar surface area (TPSA) is 26.3 Å². The predicted octanol–water partition coefficient (Wildman–Crippen LogP) is 4.02. The summed E-state index contributed by atoms with van der Waals surface area (Å²) in [5, 5.41) is 0. The van der Waals surface area contributed by atoms with Crippen LogP contribution in [0, 0.1) is 0 Å². The molecule has 2 rings (SSSR count). The zero-order valence-electron chi connectivity index (χ0n) is 12.1. The van der Waals surface area contributed by atoms with E-state index >= 15 is 0 Å². The lowest BCUT2D eigenvalue weighted by molar-refractivity contribution is -0.142. The van der Waals surface area contributed by atoms with Crippen molar-refractivity contribution in [3.05, 3.63) is 59.7 Å². The van der Waals surface area contributed by atoms with Crippen molar-refractivity contribution in [1.82, 2.24) is 0 Å². The van der Waals surface area contributed by atoms with Gasteiger partial charge in [0.1, 0.15) is 0 Å². The van der Waals surface area contributed by atoms with Gasteiger partial charge in [-0.1, -0.05) is 55.5 Å². The summed E-state index contributed by atoms with van der Waals surface area (Å²) in [4.78, 5) is 11.5. The van der Waals surface area contributed by atoms with Crippen molar-refractivity contribution >= 4 is 5.97 Å². The van der Waals surface area contributed by atoms with E-state index in [1.807, 2.05) is 19.1 Å². The molecular formula is C18H20O2. The second kappa shape index (κ2) is 6.90. The van der Waals surface area contributed by atoms with E-state index in [0.717, 1.165) is 17.5 Å². The third-order valence-electron chi connectivity index (χ3n) is 3.28. The van der Waals surface area contributed by atoms with Gasteiger partial charge in [0.15, 0.2) is 0 Å². The molecule has 0 spiro atoms. The molecule has 2 nitrogen and oxygen atoms in total. The lowest BCUT2D eigenvalue weighted by Crippen LogP contribution is -2.07. The number of ether oxygens (including phenoxy) is 1.